The smallest absolute Gasteiger partial charge is 0.264 e. The third-order valence-corrected chi connectivity index (χ3v) is 6.86. The molecule has 0 radical (unpaired) electrons. The van der Waals surface area contributed by atoms with Crippen LogP contribution in [0.5, 0.6) is 0 Å². The second-order valence-corrected chi connectivity index (χ2v) is 9.91. The van der Waals surface area contributed by atoms with Crippen LogP contribution < -0.4 is 10.2 Å². The molecule has 1 fully saturated rings. The van der Waals surface area contributed by atoms with Crippen LogP contribution in [0, 0.1) is 0 Å². The van der Waals surface area contributed by atoms with E-state index in [1.165, 1.54) is 23.0 Å². The molecular formula is C24H26ClN3OS. The van der Waals surface area contributed by atoms with Crippen molar-refractivity contribution < 1.29 is 4.79 Å². The van der Waals surface area contributed by atoms with Crippen LogP contribution >= 0.6 is 23.4 Å². The van der Waals surface area contributed by atoms with Crippen molar-refractivity contribution >= 4 is 51.9 Å². The molecule has 2 heterocycles. The summed E-state index contributed by atoms with van der Waals surface area (Å²) in [5.41, 5.74) is 4.56. The molecular weight excluding hydrogens is 414 g/mol. The van der Waals surface area contributed by atoms with Crippen LogP contribution in [0.4, 0.5) is 11.4 Å². The first kappa shape index (κ1) is 21.0. The van der Waals surface area contributed by atoms with Crippen LogP contribution in [0.3, 0.4) is 0 Å². The Morgan fingerprint density at radius 2 is 2.10 bits per heavy atom. The number of carbonyl (C=O) groups excluding carboxylic acids is 1. The highest BCUT2D eigenvalue weighted by atomic mass is 35.5. The van der Waals surface area contributed by atoms with Crippen LogP contribution in [0.2, 0.25) is 5.02 Å². The first-order chi connectivity index (χ1) is 14.3. The van der Waals surface area contributed by atoms with Gasteiger partial charge in [-0.15, -0.1) is 0 Å². The Balaban J connectivity index is 1.61. The lowest BCUT2D eigenvalue weighted by Gasteiger charge is -2.47. The zero-order valence-corrected chi connectivity index (χ0v) is 19.3. The van der Waals surface area contributed by atoms with Crippen LogP contribution in [-0.2, 0) is 4.79 Å². The highest BCUT2D eigenvalue weighted by Crippen LogP contribution is 2.43. The molecule has 1 amide bonds. The Kier molecular flexibility index (Phi) is 5.69. The van der Waals surface area contributed by atoms with Gasteiger partial charge in [-0.3, -0.25) is 4.79 Å². The molecule has 156 valence electrons. The van der Waals surface area contributed by atoms with Crippen molar-refractivity contribution in [3.05, 3.63) is 63.5 Å². The van der Waals surface area contributed by atoms with Gasteiger partial charge in [0.05, 0.1) is 10.6 Å². The third-order valence-electron chi connectivity index (χ3n) is 5.71. The minimum atomic E-state index is -0.122. The van der Waals surface area contributed by atoms with Gasteiger partial charge in [0.2, 0.25) is 0 Å². The van der Waals surface area contributed by atoms with Crippen molar-refractivity contribution in [3.8, 4) is 0 Å². The van der Waals surface area contributed by atoms with Gasteiger partial charge in [-0.1, -0.05) is 30.7 Å². The highest BCUT2D eigenvalue weighted by molar-refractivity contribution is 8.18. The quantitative estimate of drug-likeness (QED) is 0.567. The third kappa shape index (κ3) is 4.14. The number of fused-ring (bicyclic) bond motifs is 1. The lowest BCUT2D eigenvalue weighted by atomic mass is 9.79. The minimum Gasteiger partial charge on any atom is -0.366 e. The molecule has 0 saturated carbocycles. The normalized spacial score (nSPS) is 23.0. The molecule has 0 aliphatic carbocycles. The van der Waals surface area contributed by atoms with E-state index in [0.717, 1.165) is 24.2 Å². The SMILES string of the molecule is CCN1c2ccc(/C=C3\SC(=Nc4cccc(Cl)c4)NC3=O)cc2[C@H](C)CC1(C)C. The van der Waals surface area contributed by atoms with Gasteiger partial charge < -0.3 is 10.2 Å². The predicted octanol–water partition coefficient (Wildman–Crippen LogP) is 6.34. The largest absolute Gasteiger partial charge is 0.366 e. The van der Waals surface area contributed by atoms with E-state index in [-0.39, 0.29) is 11.4 Å². The van der Waals surface area contributed by atoms with Gasteiger partial charge in [-0.05, 0) is 92.4 Å². The Hall–Kier alpha value is -2.24. The zero-order chi connectivity index (χ0) is 21.5. The van der Waals surface area contributed by atoms with Gasteiger partial charge in [0.1, 0.15) is 0 Å². The fraction of sp³-hybridized carbons (Fsp3) is 0.333. The Morgan fingerprint density at radius 3 is 2.83 bits per heavy atom. The standard InChI is InChI=1S/C24H26ClN3OS/c1-5-28-20-10-9-16(11-19(20)15(2)14-24(28,3)4)12-21-22(29)27-23(30-21)26-18-8-6-7-17(25)13-18/h6-13,15H,5,14H2,1-4H3,(H,26,27,29)/b21-12-/t15-/m1/s1. The number of nitrogens with zero attached hydrogens (tertiary/aromatic N) is 2. The number of amidine groups is 1. The van der Waals surface area contributed by atoms with Crippen LogP contribution in [0.1, 0.15) is 51.2 Å². The molecule has 4 rings (SSSR count). The van der Waals surface area contributed by atoms with Gasteiger partial charge in [0, 0.05) is 22.8 Å². The van der Waals surface area contributed by atoms with Crippen molar-refractivity contribution in [2.45, 2.75) is 45.6 Å². The molecule has 6 heteroatoms. The lowest BCUT2D eigenvalue weighted by molar-refractivity contribution is -0.115. The number of carbonyl (C=O) groups is 1. The summed E-state index contributed by atoms with van der Waals surface area (Å²) in [6.07, 6.45) is 3.06. The maximum Gasteiger partial charge on any atom is 0.264 e. The monoisotopic (exact) mass is 439 g/mol. The Bertz CT molecular complexity index is 1060. The molecule has 0 bridgehead atoms. The zero-order valence-electron chi connectivity index (χ0n) is 17.7. The molecule has 1 N–H and O–H groups in total. The number of anilines is 1. The fourth-order valence-corrected chi connectivity index (χ4v) is 5.52. The summed E-state index contributed by atoms with van der Waals surface area (Å²) >= 11 is 7.38. The average Bonchev–Trinajstić information content (AvgIpc) is 3.00. The molecule has 0 aromatic heterocycles. The number of hydrogen-bond acceptors (Lipinski definition) is 4. The molecule has 2 aliphatic heterocycles. The summed E-state index contributed by atoms with van der Waals surface area (Å²) in [5, 5.41) is 4.03. The Labute approximate surface area is 187 Å². The number of aliphatic imine (C=N–C) groups is 1. The summed E-state index contributed by atoms with van der Waals surface area (Å²) in [5.74, 6) is 0.351. The number of thioether (sulfide) groups is 1. The Morgan fingerprint density at radius 1 is 1.30 bits per heavy atom. The van der Waals surface area contributed by atoms with E-state index in [2.05, 4.69) is 61.1 Å². The van der Waals surface area contributed by atoms with Crippen molar-refractivity contribution in [2.24, 2.45) is 4.99 Å². The van der Waals surface area contributed by atoms with E-state index >= 15 is 0 Å². The lowest BCUT2D eigenvalue weighted by Crippen LogP contribution is -2.48. The number of halogens is 1. The van der Waals surface area contributed by atoms with Gasteiger partial charge in [-0.25, -0.2) is 4.99 Å². The van der Waals surface area contributed by atoms with Crippen LogP contribution in [-0.4, -0.2) is 23.2 Å². The fourth-order valence-electron chi connectivity index (χ4n) is 4.49. The van der Waals surface area contributed by atoms with Crippen LogP contribution in [0.15, 0.2) is 52.4 Å². The average molecular weight is 440 g/mol. The summed E-state index contributed by atoms with van der Waals surface area (Å²) in [6, 6.07) is 13.8. The second-order valence-electron chi connectivity index (χ2n) is 8.44. The summed E-state index contributed by atoms with van der Waals surface area (Å²) in [6.45, 7) is 10.1. The van der Waals surface area contributed by atoms with E-state index < -0.39 is 0 Å². The number of benzene rings is 2. The number of nitrogens with one attached hydrogen (secondary N) is 1. The van der Waals surface area contributed by atoms with E-state index in [9.17, 15) is 4.79 Å². The van der Waals surface area contributed by atoms with Gasteiger partial charge in [-0.2, -0.15) is 0 Å². The predicted molar refractivity (Wildman–Crippen MR) is 129 cm³/mol. The van der Waals surface area contributed by atoms with Crippen molar-refractivity contribution in [3.63, 3.8) is 0 Å². The summed E-state index contributed by atoms with van der Waals surface area (Å²) in [4.78, 5) is 20.1. The minimum absolute atomic E-state index is 0.122. The summed E-state index contributed by atoms with van der Waals surface area (Å²) < 4.78 is 0. The maximum absolute atomic E-state index is 12.5. The molecule has 0 spiro atoms. The molecule has 1 atom stereocenters. The number of hydrogen-bond donors (Lipinski definition) is 1. The second kappa shape index (κ2) is 8.12. The molecule has 30 heavy (non-hydrogen) atoms. The molecule has 2 aliphatic rings. The maximum atomic E-state index is 12.5. The van der Waals surface area contributed by atoms with E-state index in [1.54, 1.807) is 12.1 Å². The van der Waals surface area contributed by atoms with Gasteiger partial charge in [0.25, 0.3) is 5.91 Å². The van der Waals surface area contributed by atoms with E-state index in [0.29, 0.717) is 21.0 Å². The van der Waals surface area contributed by atoms with Crippen molar-refractivity contribution in [2.75, 3.05) is 11.4 Å². The molecule has 2 aromatic carbocycles. The molecule has 2 aromatic rings. The molecule has 1 saturated heterocycles. The van der Waals surface area contributed by atoms with Crippen molar-refractivity contribution in [1.82, 2.24) is 5.32 Å². The van der Waals surface area contributed by atoms with Gasteiger partial charge >= 0.3 is 0 Å². The number of rotatable bonds is 3. The summed E-state index contributed by atoms with van der Waals surface area (Å²) in [7, 11) is 0. The van der Waals surface area contributed by atoms with Crippen molar-refractivity contribution in [1.29, 1.82) is 0 Å². The first-order valence-electron chi connectivity index (χ1n) is 10.2. The topological polar surface area (TPSA) is 44.7 Å². The molecule has 0 unspecified atom stereocenters. The number of amides is 1. The van der Waals surface area contributed by atoms with E-state index in [4.69, 9.17) is 11.6 Å². The molecule has 4 nitrogen and oxygen atoms in total. The van der Waals surface area contributed by atoms with Gasteiger partial charge in [0.15, 0.2) is 5.17 Å². The van der Waals surface area contributed by atoms with Crippen LogP contribution in [0.25, 0.3) is 6.08 Å². The first-order valence-corrected chi connectivity index (χ1v) is 11.4. The van der Waals surface area contributed by atoms with E-state index in [1.807, 2.05) is 18.2 Å². The highest BCUT2D eigenvalue weighted by Gasteiger charge is 2.35.